The number of rotatable bonds is 11. The zero-order valence-electron chi connectivity index (χ0n) is 21.0. The molecule has 4 atom stereocenters. The SMILES string of the molecule is O=C(NC(Cc1ccccc1)C(O)C(O)C(Cc1ccccc1)NC(=O)c1ccccc1)c1ccccc1. The smallest absolute Gasteiger partial charge is 0.251 e. The minimum atomic E-state index is -1.37. The van der Waals surface area contributed by atoms with E-state index in [1.54, 1.807) is 48.5 Å². The van der Waals surface area contributed by atoms with E-state index in [0.717, 1.165) is 11.1 Å². The zero-order valence-corrected chi connectivity index (χ0v) is 21.0. The maximum absolute atomic E-state index is 13.0. The molecule has 4 rings (SSSR count). The van der Waals surface area contributed by atoms with Gasteiger partial charge in [-0.25, -0.2) is 0 Å². The highest BCUT2D eigenvalue weighted by Crippen LogP contribution is 2.16. The minimum Gasteiger partial charge on any atom is -0.388 e. The average molecular weight is 509 g/mol. The first kappa shape index (κ1) is 26.8. The minimum absolute atomic E-state index is 0.294. The van der Waals surface area contributed by atoms with Crippen LogP contribution in [-0.2, 0) is 12.8 Å². The molecule has 0 aromatic heterocycles. The van der Waals surface area contributed by atoms with Gasteiger partial charge < -0.3 is 20.8 Å². The van der Waals surface area contributed by atoms with Crippen molar-refractivity contribution < 1.29 is 19.8 Å². The van der Waals surface area contributed by atoms with Crippen LogP contribution in [0.5, 0.6) is 0 Å². The molecule has 4 aromatic rings. The van der Waals surface area contributed by atoms with E-state index in [1.165, 1.54) is 0 Å². The fraction of sp³-hybridized carbons (Fsp3) is 0.188. The third-order valence-corrected chi connectivity index (χ3v) is 6.48. The molecule has 0 heterocycles. The Morgan fingerprint density at radius 3 is 1.11 bits per heavy atom. The van der Waals surface area contributed by atoms with Crippen molar-refractivity contribution in [2.24, 2.45) is 0 Å². The van der Waals surface area contributed by atoms with Gasteiger partial charge in [0.25, 0.3) is 11.8 Å². The predicted molar refractivity (Wildman–Crippen MR) is 148 cm³/mol. The Bertz CT molecular complexity index is 1180. The number of aliphatic hydroxyl groups excluding tert-OH is 2. The van der Waals surface area contributed by atoms with Crippen LogP contribution in [0, 0.1) is 0 Å². The summed E-state index contributed by atoms with van der Waals surface area (Å²) in [5.41, 5.74) is 2.69. The highest BCUT2D eigenvalue weighted by atomic mass is 16.3. The zero-order chi connectivity index (χ0) is 26.7. The van der Waals surface area contributed by atoms with Crippen molar-refractivity contribution in [1.29, 1.82) is 0 Å². The number of hydrogen-bond donors (Lipinski definition) is 4. The molecule has 38 heavy (non-hydrogen) atoms. The fourth-order valence-corrected chi connectivity index (χ4v) is 4.41. The summed E-state index contributed by atoms with van der Waals surface area (Å²) in [7, 11) is 0. The molecule has 4 aromatic carbocycles. The van der Waals surface area contributed by atoms with Gasteiger partial charge in [0, 0.05) is 11.1 Å². The van der Waals surface area contributed by atoms with E-state index in [1.807, 2.05) is 72.8 Å². The first-order valence-corrected chi connectivity index (χ1v) is 12.7. The molecule has 6 nitrogen and oxygen atoms in total. The van der Waals surface area contributed by atoms with Gasteiger partial charge in [0.15, 0.2) is 0 Å². The normalized spacial score (nSPS) is 14.1. The maximum Gasteiger partial charge on any atom is 0.251 e. The predicted octanol–water partition coefficient (Wildman–Crippen LogP) is 3.79. The lowest BCUT2D eigenvalue weighted by Crippen LogP contribution is -2.57. The van der Waals surface area contributed by atoms with E-state index in [-0.39, 0.29) is 11.8 Å². The largest absolute Gasteiger partial charge is 0.388 e. The van der Waals surface area contributed by atoms with Gasteiger partial charge in [-0.15, -0.1) is 0 Å². The van der Waals surface area contributed by atoms with Gasteiger partial charge in [-0.3, -0.25) is 9.59 Å². The van der Waals surface area contributed by atoms with Crippen LogP contribution in [0.1, 0.15) is 31.8 Å². The quantitative estimate of drug-likeness (QED) is 0.248. The highest BCUT2D eigenvalue weighted by molar-refractivity contribution is 5.95. The molecule has 0 saturated heterocycles. The monoisotopic (exact) mass is 508 g/mol. The second-order valence-electron chi connectivity index (χ2n) is 9.25. The first-order chi connectivity index (χ1) is 18.5. The number of amides is 2. The third kappa shape index (κ3) is 7.38. The first-order valence-electron chi connectivity index (χ1n) is 12.7. The lowest BCUT2D eigenvalue weighted by Gasteiger charge is -2.33. The topological polar surface area (TPSA) is 98.7 Å². The molecule has 0 bridgehead atoms. The van der Waals surface area contributed by atoms with Gasteiger partial charge >= 0.3 is 0 Å². The Balaban J connectivity index is 1.59. The van der Waals surface area contributed by atoms with Crippen LogP contribution in [0.4, 0.5) is 0 Å². The van der Waals surface area contributed by atoms with Gasteiger partial charge in [-0.05, 0) is 48.2 Å². The third-order valence-electron chi connectivity index (χ3n) is 6.48. The summed E-state index contributed by atoms with van der Waals surface area (Å²) < 4.78 is 0. The van der Waals surface area contributed by atoms with Gasteiger partial charge in [0.2, 0.25) is 0 Å². The molecule has 0 fully saturated rings. The number of nitrogens with one attached hydrogen (secondary N) is 2. The Labute approximate surface area is 223 Å². The van der Waals surface area contributed by atoms with E-state index in [2.05, 4.69) is 10.6 Å². The van der Waals surface area contributed by atoms with Crippen molar-refractivity contribution in [1.82, 2.24) is 10.6 Å². The second kappa shape index (κ2) is 13.3. The molecular formula is C32H32N2O4. The second-order valence-corrected chi connectivity index (χ2v) is 9.25. The van der Waals surface area contributed by atoms with Crippen LogP contribution in [-0.4, -0.2) is 46.3 Å². The summed E-state index contributed by atoms with van der Waals surface area (Å²) in [6.07, 6.45) is -2.15. The van der Waals surface area contributed by atoms with Crippen LogP contribution in [0.25, 0.3) is 0 Å². The Kier molecular flexibility index (Phi) is 9.40. The van der Waals surface area contributed by atoms with Crippen molar-refractivity contribution in [2.45, 2.75) is 37.1 Å². The molecule has 0 radical (unpaired) electrons. The van der Waals surface area contributed by atoms with Gasteiger partial charge in [0.05, 0.1) is 12.1 Å². The van der Waals surface area contributed by atoms with E-state index >= 15 is 0 Å². The standard InChI is InChI=1S/C32H32N2O4/c35-29(27(21-23-13-5-1-6-14-23)33-31(37)25-17-9-3-10-18-25)30(36)28(22-24-15-7-2-8-16-24)34-32(38)26-19-11-4-12-20-26/h1-20,27-30,35-36H,21-22H2,(H,33,37)(H,34,38). The number of benzene rings is 4. The number of carbonyl (C=O) groups is 2. The number of carbonyl (C=O) groups excluding carboxylic acids is 2. The highest BCUT2D eigenvalue weighted by Gasteiger charge is 2.34. The molecule has 4 unspecified atom stereocenters. The molecule has 2 amide bonds. The molecule has 0 saturated carbocycles. The Morgan fingerprint density at radius 2 is 0.789 bits per heavy atom. The molecule has 0 spiro atoms. The van der Waals surface area contributed by atoms with E-state index < -0.39 is 24.3 Å². The van der Waals surface area contributed by atoms with Crippen LogP contribution >= 0.6 is 0 Å². The van der Waals surface area contributed by atoms with Crippen molar-refractivity contribution >= 4 is 11.8 Å². The molecule has 4 N–H and O–H groups in total. The van der Waals surface area contributed by atoms with E-state index in [0.29, 0.717) is 24.0 Å². The summed E-state index contributed by atoms with van der Waals surface area (Å²) in [5.74, 6) is -0.712. The summed E-state index contributed by atoms with van der Waals surface area (Å²) in [5, 5.41) is 28.7. The summed E-state index contributed by atoms with van der Waals surface area (Å²) in [6, 6.07) is 34.8. The van der Waals surface area contributed by atoms with Crippen molar-refractivity contribution in [2.75, 3.05) is 0 Å². The van der Waals surface area contributed by atoms with Crippen LogP contribution in [0.2, 0.25) is 0 Å². The average Bonchev–Trinajstić information content (AvgIpc) is 2.97. The van der Waals surface area contributed by atoms with Crippen LogP contribution in [0.15, 0.2) is 121 Å². The van der Waals surface area contributed by atoms with Crippen molar-refractivity contribution in [3.8, 4) is 0 Å². The van der Waals surface area contributed by atoms with Gasteiger partial charge in [0.1, 0.15) is 12.2 Å². The molecule has 0 aliphatic carbocycles. The van der Waals surface area contributed by atoms with E-state index in [4.69, 9.17) is 0 Å². The maximum atomic E-state index is 13.0. The lowest BCUT2D eigenvalue weighted by molar-refractivity contribution is -0.0219. The lowest BCUT2D eigenvalue weighted by atomic mass is 9.90. The molecule has 0 aliphatic heterocycles. The Morgan fingerprint density at radius 1 is 0.500 bits per heavy atom. The molecule has 6 heteroatoms. The summed E-state index contributed by atoms with van der Waals surface area (Å²) in [6.45, 7) is 0. The van der Waals surface area contributed by atoms with Gasteiger partial charge in [-0.1, -0.05) is 97.1 Å². The van der Waals surface area contributed by atoms with Crippen molar-refractivity contribution in [3.05, 3.63) is 144 Å². The summed E-state index contributed by atoms with van der Waals surface area (Å²) >= 11 is 0. The van der Waals surface area contributed by atoms with Crippen LogP contribution in [0.3, 0.4) is 0 Å². The number of hydrogen-bond acceptors (Lipinski definition) is 4. The van der Waals surface area contributed by atoms with Gasteiger partial charge in [-0.2, -0.15) is 0 Å². The molecular weight excluding hydrogens is 476 g/mol. The fourth-order valence-electron chi connectivity index (χ4n) is 4.41. The van der Waals surface area contributed by atoms with Crippen molar-refractivity contribution in [3.63, 3.8) is 0 Å². The molecule has 0 aliphatic rings. The van der Waals surface area contributed by atoms with E-state index in [9.17, 15) is 19.8 Å². The summed E-state index contributed by atoms with van der Waals surface area (Å²) in [4.78, 5) is 26.0. The molecule has 194 valence electrons. The van der Waals surface area contributed by atoms with Crippen LogP contribution < -0.4 is 10.6 Å². The number of aliphatic hydroxyl groups is 2. The Hall–Kier alpha value is -4.26.